The maximum Gasteiger partial charge on any atom is 0.194 e. The minimum atomic E-state index is -0.0325. The van der Waals surface area contributed by atoms with Crippen LogP contribution in [-0.2, 0) is 6.61 Å². The van der Waals surface area contributed by atoms with E-state index in [1.165, 1.54) is 5.56 Å². The van der Waals surface area contributed by atoms with Crippen molar-refractivity contribution >= 4 is 28.2 Å². The van der Waals surface area contributed by atoms with Crippen molar-refractivity contribution in [3.05, 3.63) is 88.1 Å². The molecule has 0 unspecified atom stereocenters. The molecule has 140 valence electrons. The molecule has 4 aromatic rings. The van der Waals surface area contributed by atoms with Crippen LogP contribution in [0.5, 0.6) is 0 Å². The minimum Gasteiger partial charge on any atom is -0.392 e. The van der Waals surface area contributed by atoms with Crippen molar-refractivity contribution in [2.45, 2.75) is 20.5 Å². The predicted molar refractivity (Wildman–Crippen MR) is 114 cm³/mol. The van der Waals surface area contributed by atoms with Crippen molar-refractivity contribution in [1.29, 1.82) is 0 Å². The molecule has 0 fully saturated rings. The Morgan fingerprint density at radius 3 is 2.64 bits per heavy atom. The van der Waals surface area contributed by atoms with Gasteiger partial charge in [0.15, 0.2) is 10.7 Å². The van der Waals surface area contributed by atoms with Crippen LogP contribution in [0.15, 0.2) is 60.1 Å². The Morgan fingerprint density at radius 2 is 1.93 bits per heavy atom. The molecule has 0 radical (unpaired) electrons. The van der Waals surface area contributed by atoms with Gasteiger partial charge < -0.3 is 5.11 Å². The number of aryl methyl sites for hydroxylation is 2. The van der Waals surface area contributed by atoms with Crippen molar-refractivity contribution in [1.82, 2.24) is 9.38 Å². The minimum absolute atomic E-state index is 0.00971. The van der Waals surface area contributed by atoms with Crippen LogP contribution >= 0.6 is 11.3 Å². The van der Waals surface area contributed by atoms with Gasteiger partial charge in [0.05, 0.1) is 18.0 Å². The van der Waals surface area contributed by atoms with Gasteiger partial charge >= 0.3 is 0 Å². The van der Waals surface area contributed by atoms with Crippen LogP contribution in [0, 0.1) is 13.8 Å². The fourth-order valence-electron chi connectivity index (χ4n) is 3.09. The van der Waals surface area contributed by atoms with Gasteiger partial charge in [-0.05, 0) is 48.8 Å². The number of aromatic nitrogens is 2. The van der Waals surface area contributed by atoms with E-state index in [1.54, 1.807) is 17.4 Å². The van der Waals surface area contributed by atoms with E-state index in [4.69, 9.17) is 4.98 Å². The second-order valence-electron chi connectivity index (χ2n) is 6.75. The summed E-state index contributed by atoms with van der Waals surface area (Å²) in [6, 6.07) is 13.4. The number of ketones is 1. The number of rotatable bonds is 5. The topological polar surface area (TPSA) is 54.6 Å². The van der Waals surface area contributed by atoms with Crippen LogP contribution in [0.4, 0.5) is 0 Å². The number of carbonyl (C=O) groups excluding carboxylic acids is 1. The van der Waals surface area contributed by atoms with Crippen molar-refractivity contribution in [2.24, 2.45) is 0 Å². The summed E-state index contributed by atoms with van der Waals surface area (Å²) < 4.78 is 1.99. The molecule has 4 nitrogen and oxygen atoms in total. The van der Waals surface area contributed by atoms with Gasteiger partial charge in [0.25, 0.3) is 0 Å². The lowest BCUT2D eigenvalue weighted by atomic mass is 10.0. The summed E-state index contributed by atoms with van der Waals surface area (Å²) in [5.41, 5.74) is 6.45. The van der Waals surface area contributed by atoms with E-state index in [-0.39, 0.29) is 12.4 Å². The number of aliphatic hydroxyl groups is 1. The molecule has 0 bridgehead atoms. The molecule has 0 aliphatic heterocycles. The first-order valence-electron chi connectivity index (χ1n) is 9.02. The molecule has 0 amide bonds. The maximum absolute atomic E-state index is 12.7. The summed E-state index contributed by atoms with van der Waals surface area (Å²) in [5.74, 6) is -0.0325. The van der Waals surface area contributed by atoms with E-state index in [2.05, 4.69) is 0 Å². The molecular formula is C23H20N2O2S. The maximum atomic E-state index is 12.7. The van der Waals surface area contributed by atoms with Gasteiger partial charge in [0, 0.05) is 22.7 Å². The molecule has 2 heterocycles. The normalized spacial score (nSPS) is 11.5. The van der Waals surface area contributed by atoms with Crippen molar-refractivity contribution in [3.8, 4) is 11.3 Å². The number of benzene rings is 2. The Balaban J connectivity index is 1.72. The summed E-state index contributed by atoms with van der Waals surface area (Å²) >= 11 is 1.55. The largest absolute Gasteiger partial charge is 0.392 e. The molecule has 0 atom stereocenters. The molecule has 5 heteroatoms. The van der Waals surface area contributed by atoms with Gasteiger partial charge in [0.2, 0.25) is 0 Å². The average molecular weight is 388 g/mol. The summed E-state index contributed by atoms with van der Waals surface area (Å²) in [7, 11) is 0. The van der Waals surface area contributed by atoms with E-state index >= 15 is 0 Å². The van der Waals surface area contributed by atoms with Crippen molar-refractivity contribution < 1.29 is 9.90 Å². The molecule has 0 saturated carbocycles. The lowest BCUT2D eigenvalue weighted by Gasteiger charge is -2.03. The molecule has 2 aromatic heterocycles. The number of imidazole rings is 1. The summed E-state index contributed by atoms with van der Waals surface area (Å²) in [6.07, 6.45) is 5.40. The Hall–Kier alpha value is -3.02. The van der Waals surface area contributed by atoms with Gasteiger partial charge in [-0.15, -0.1) is 11.3 Å². The predicted octanol–water partition coefficient (Wildman–Crippen LogP) is 5.07. The van der Waals surface area contributed by atoms with Gasteiger partial charge in [-0.25, -0.2) is 4.98 Å². The zero-order valence-electron chi connectivity index (χ0n) is 15.7. The smallest absolute Gasteiger partial charge is 0.194 e. The SMILES string of the molecule is Cc1ccc(C(=O)/C=C/c2c(-c3ccc(CO)cc3)nc3sccn23)cc1C. The lowest BCUT2D eigenvalue weighted by Crippen LogP contribution is -1.96. The quantitative estimate of drug-likeness (QED) is 0.384. The van der Waals surface area contributed by atoms with Crippen LogP contribution in [0.2, 0.25) is 0 Å². The lowest BCUT2D eigenvalue weighted by molar-refractivity contribution is 0.104. The van der Waals surface area contributed by atoms with Crippen LogP contribution in [0.25, 0.3) is 22.3 Å². The van der Waals surface area contributed by atoms with E-state index in [0.717, 1.165) is 33.0 Å². The average Bonchev–Trinajstić information content (AvgIpc) is 3.30. The molecule has 4 rings (SSSR count). The van der Waals surface area contributed by atoms with E-state index in [0.29, 0.717) is 5.56 Å². The third-order valence-electron chi connectivity index (χ3n) is 4.89. The first-order chi connectivity index (χ1) is 13.6. The fraction of sp³-hybridized carbons (Fsp3) is 0.130. The first kappa shape index (κ1) is 18.3. The fourth-order valence-corrected chi connectivity index (χ4v) is 3.81. The molecular weight excluding hydrogens is 368 g/mol. The Bertz CT molecular complexity index is 1180. The molecule has 1 N–H and O–H groups in total. The van der Waals surface area contributed by atoms with Crippen LogP contribution in [0.3, 0.4) is 0 Å². The second kappa shape index (κ2) is 7.54. The number of allylic oxidation sites excluding steroid dienone is 1. The highest BCUT2D eigenvalue weighted by Gasteiger charge is 2.13. The Kier molecular flexibility index (Phi) is 4.94. The summed E-state index contributed by atoms with van der Waals surface area (Å²) in [6.45, 7) is 4.05. The second-order valence-corrected chi connectivity index (χ2v) is 7.63. The molecule has 0 aliphatic rings. The number of hydrogen-bond acceptors (Lipinski definition) is 4. The van der Waals surface area contributed by atoms with Crippen LogP contribution in [0.1, 0.15) is 32.7 Å². The number of hydrogen-bond donors (Lipinski definition) is 1. The highest BCUT2D eigenvalue weighted by atomic mass is 32.1. The van der Waals surface area contributed by atoms with Crippen LogP contribution in [-0.4, -0.2) is 20.3 Å². The Morgan fingerprint density at radius 1 is 1.14 bits per heavy atom. The number of aliphatic hydroxyl groups excluding tert-OH is 1. The first-order valence-corrected chi connectivity index (χ1v) is 9.90. The third-order valence-corrected chi connectivity index (χ3v) is 5.65. The van der Waals surface area contributed by atoms with E-state index < -0.39 is 0 Å². The number of thiazole rings is 1. The van der Waals surface area contributed by atoms with Gasteiger partial charge in [-0.1, -0.05) is 36.4 Å². The van der Waals surface area contributed by atoms with Crippen LogP contribution < -0.4 is 0 Å². The van der Waals surface area contributed by atoms with E-state index in [9.17, 15) is 9.90 Å². The molecule has 28 heavy (non-hydrogen) atoms. The van der Waals surface area contributed by atoms with Crippen molar-refractivity contribution in [2.75, 3.05) is 0 Å². The monoisotopic (exact) mass is 388 g/mol. The molecule has 0 spiro atoms. The molecule has 2 aromatic carbocycles. The summed E-state index contributed by atoms with van der Waals surface area (Å²) in [5, 5.41) is 11.2. The highest BCUT2D eigenvalue weighted by molar-refractivity contribution is 7.15. The zero-order chi connectivity index (χ0) is 19.7. The molecule has 0 saturated heterocycles. The molecule has 0 aliphatic carbocycles. The van der Waals surface area contributed by atoms with Gasteiger partial charge in [-0.2, -0.15) is 0 Å². The highest BCUT2D eigenvalue weighted by Crippen LogP contribution is 2.28. The van der Waals surface area contributed by atoms with Crippen molar-refractivity contribution in [3.63, 3.8) is 0 Å². The van der Waals surface area contributed by atoms with Gasteiger partial charge in [-0.3, -0.25) is 9.20 Å². The zero-order valence-corrected chi connectivity index (χ0v) is 16.5. The third kappa shape index (κ3) is 3.42. The number of carbonyl (C=O) groups is 1. The van der Waals surface area contributed by atoms with Gasteiger partial charge in [0.1, 0.15) is 0 Å². The van der Waals surface area contributed by atoms with E-state index in [1.807, 2.05) is 78.4 Å². The Labute approximate surface area is 167 Å². The standard InChI is InChI=1S/C23H20N2O2S/c1-15-3-6-19(13-16(15)2)21(27)10-9-20-22(24-23-25(20)11-12-28-23)18-7-4-17(14-26)5-8-18/h3-13,26H,14H2,1-2H3/b10-9+. The number of fused-ring (bicyclic) bond motifs is 1. The number of nitrogens with zero attached hydrogens (tertiary/aromatic N) is 2. The summed E-state index contributed by atoms with van der Waals surface area (Å²) in [4.78, 5) is 18.3.